The number of hydrogen-bond acceptors (Lipinski definition) is 6. The molecule has 3 aromatic rings. The van der Waals surface area contributed by atoms with Crippen molar-refractivity contribution >= 4 is 17.5 Å². The standard InChI is InChI=1S/C25H20O6/c26-18-10-4-8-16-22(17-9-5-11-19(27)24(17)25(30)23(16)18)20(28)12-13-21(29)31-14-15-6-2-1-3-7-15/h1-11,22,26-27H,12-14H2. The molecule has 3 aromatic carbocycles. The minimum absolute atomic E-state index is 0.00139. The molecule has 0 saturated carbocycles. The molecule has 0 heterocycles. The van der Waals surface area contributed by atoms with E-state index in [1.165, 1.54) is 12.1 Å². The summed E-state index contributed by atoms with van der Waals surface area (Å²) in [5.74, 6) is -2.72. The summed E-state index contributed by atoms with van der Waals surface area (Å²) in [5, 5.41) is 20.5. The average Bonchev–Trinajstić information content (AvgIpc) is 2.77. The third kappa shape index (κ3) is 3.92. The van der Waals surface area contributed by atoms with Crippen LogP contribution in [0.25, 0.3) is 0 Å². The maximum Gasteiger partial charge on any atom is 0.306 e. The van der Waals surface area contributed by atoms with E-state index in [9.17, 15) is 24.6 Å². The molecule has 0 fully saturated rings. The number of ketones is 2. The van der Waals surface area contributed by atoms with Gasteiger partial charge in [0.15, 0.2) is 0 Å². The largest absolute Gasteiger partial charge is 0.507 e. The highest BCUT2D eigenvalue weighted by molar-refractivity contribution is 6.18. The predicted molar refractivity (Wildman–Crippen MR) is 112 cm³/mol. The van der Waals surface area contributed by atoms with Gasteiger partial charge in [-0.1, -0.05) is 54.6 Å². The Morgan fingerprint density at radius 2 is 1.35 bits per heavy atom. The highest BCUT2D eigenvalue weighted by Gasteiger charge is 2.38. The van der Waals surface area contributed by atoms with Crippen molar-refractivity contribution in [1.82, 2.24) is 0 Å². The number of phenols is 2. The zero-order chi connectivity index (χ0) is 22.0. The number of fused-ring (bicyclic) bond motifs is 2. The number of Topliss-reactive ketones (excluding diaryl/α,β-unsaturated/α-hetero) is 1. The van der Waals surface area contributed by atoms with Gasteiger partial charge in [-0.05, 0) is 28.8 Å². The van der Waals surface area contributed by atoms with Gasteiger partial charge in [-0.15, -0.1) is 0 Å². The molecular weight excluding hydrogens is 396 g/mol. The number of ether oxygens (including phenoxy) is 1. The minimum atomic E-state index is -0.871. The van der Waals surface area contributed by atoms with E-state index < -0.39 is 17.7 Å². The Hall–Kier alpha value is -3.93. The second-order valence-electron chi connectivity index (χ2n) is 7.36. The molecule has 0 amide bonds. The molecule has 0 atom stereocenters. The smallest absolute Gasteiger partial charge is 0.306 e. The fourth-order valence-electron chi connectivity index (χ4n) is 3.91. The first-order valence-corrected chi connectivity index (χ1v) is 9.88. The number of phenolic OH excluding ortho intramolecular Hbond substituents is 2. The molecule has 2 N–H and O–H groups in total. The van der Waals surface area contributed by atoms with Gasteiger partial charge in [0, 0.05) is 6.42 Å². The summed E-state index contributed by atoms with van der Waals surface area (Å²) in [6.45, 7) is 0.124. The van der Waals surface area contributed by atoms with Crippen molar-refractivity contribution < 1.29 is 29.3 Å². The first kappa shape index (κ1) is 20.3. The van der Waals surface area contributed by atoms with E-state index in [-0.39, 0.29) is 47.9 Å². The summed E-state index contributed by atoms with van der Waals surface area (Å²) in [6, 6.07) is 18.3. The van der Waals surface area contributed by atoms with Crippen molar-refractivity contribution in [2.75, 3.05) is 0 Å². The summed E-state index contributed by atoms with van der Waals surface area (Å²) in [4.78, 5) is 38.2. The van der Waals surface area contributed by atoms with Crippen molar-refractivity contribution in [1.29, 1.82) is 0 Å². The zero-order valence-electron chi connectivity index (χ0n) is 16.6. The summed E-state index contributed by atoms with van der Waals surface area (Å²) < 4.78 is 5.23. The SMILES string of the molecule is O=C(CCC(=O)C1c2cccc(O)c2C(=O)c2c(O)cccc21)OCc1ccccc1. The lowest BCUT2D eigenvalue weighted by Crippen LogP contribution is -2.25. The Morgan fingerprint density at radius 1 is 0.774 bits per heavy atom. The third-order valence-corrected chi connectivity index (χ3v) is 5.37. The fourth-order valence-corrected chi connectivity index (χ4v) is 3.91. The molecule has 6 nitrogen and oxygen atoms in total. The molecule has 0 unspecified atom stereocenters. The maximum absolute atomic E-state index is 13.1. The van der Waals surface area contributed by atoms with Gasteiger partial charge in [0.1, 0.15) is 23.9 Å². The van der Waals surface area contributed by atoms with Crippen LogP contribution in [0.5, 0.6) is 11.5 Å². The fraction of sp³-hybridized carbons (Fsp3) is 0.160. The molecule has 0 aromatic heterocycles. The summed E-state index contributed by atoms with van der Waals surface area (Å²) in [7, 11) is 0. The van der Waals surface area contributed by atoms with Gasteiger partial charge in [0.05, 0.1) is 23.5 Å². The van der Waals surface area contributed by atoms with Crippen LogP contribution in [0, 0.1) is 0 Å². The number of carbonyl (C=O) groups excluding carboxylic acids is 3. The second-order valence-corrected chi connectivity index (χ2v) is 7.36. The van der Waals surface area contributed by atoms with Gasteiger partial charge in [-0.2, -0.15) is 0 Å². The van der Waals surface area contributed by atoms with Crippen molar-refractivity contribution in [2.45, 2.75) is 25.4 Å². The first-order valence-electron chi connectivity index (χ1n) is 9.88. The van der Waals surface area contributed by atoms with E-state index >= 15 is 0 Å². The molecule has 31 heavy (non-hydrogen) atoms. The third-order valence-electron chi connectivity index (χ3n) is 5.37. The maximum atomic E-state index is 13.1. The number of carbonyl (C=O) groups is 3. The Bertz CT molecular complexity index is 1110. The monoisotopic (exact) mass is 416 g/mol. The highest BCUT2D eigenvalue weighted by atomic mass is 16.5. The Kier molecular flexibility index (Phi) is 5.54. The van der Waals surface area contributed by atoms with E-state index in [0.29, 0.717) is 11.1 Å². The molecular formula is C25H20O6. The van der Waals surface area contributed by atoms with Gasteiger partial charge in [0.2, 0.25) is 5.78 Å². The van der Waals surface area contributed by atoms with E-state index in [4.69, 9.17) is 4.74 Å². The molecule has 6 heteroatoms. The van der Waals surface area contributed by atoms with Crippen LogP contribution in [-0.2, 0) is 20.9 Å². The van der Waals surface area contributed by atoms with Gasteiger partial charge < -0.3 is 14.9 Å². The number of aromatic hydroxyl groups is 2. The number of rotatable bonds is 6. The average molecular weight is 416 g/mol. The first-order chi connectivity index (χ1) is 15.0. The van der Waals surface area contributed by atoms with Gasteiger partial charge in [0.25, 0.3) is 0 Å². The summed E-state index contributed by atoms with van der Waals surface area (Å²) in [5.41, 5.74) is 1.58. The van der Waals surface area contributed by atoms with E-state index in [0.717, 1.165) is 5.56 Å². The molecule has 0 aliphatic heterocycles. The lowest BCUT2D eigenvalue weighted by molar-refractivity contribution is -0.146. The van der Waals surface area contributed by atoms with E-state index in [1.54, 1.807) is 24.3 Å². The van der Waals surface area contributed by atoms with Crippen molar-refractivity contribution in [3.8, 4) is 11.5 Å². The van der Waals surface area contributed by atoms with Crippen LogP contribution in [0.1, 0.15) is 51.4 Å². The second kappa shape index (κ2) is 8.44. The van der Waals surface area contributed by atoms with E-state index in [1.807, 2.05) is 30.3 Å². The number of esters is 1. The lowest BCUT2D eigenvalue weighted by Gasteiger charge is -2.27. The molecule has 4 rings (SSSR count). The normalized spacial score (nSPS) is 12.7. The number of benzene rings is 3. The van der Waals surface area contributed by atoms with Crippen LogP contribution in [0.2, 0.25) is 0 Å². The predicted octanol–water partition coefficient (Wildman–Crippen LogP) is 3.87. The Morgan fingerprint density at radius 3 is 1.94 bits per heavy atom. The lowest BCUT2D eigenvalue weighted by atomic mass is 9.74. The number of hydrogen-bond donors (Lipinski definition) is 2. The highest BCUT2D eigenvalue weighted by Crippen LogP contribution is 2.43. The van der Waals surface area contributed by atoms with Gasteiger partial charge in [-0.3, -0.25) is 14.4 Å². The molecule has 0 saturated heterocycles. The van der Waals surface area contributed by atoms with Crippen molar-refractivity contribution in [2.24, 2.45) is 0 Å². The van der Waals surface area contributed by atoms with E-state index in [2.05, 4.69) is 0 Å². The van der Waals surface area contributed by atoms with Crippen LogP contribution < -0.4 is 0 Å². The summed E-state index contributed by atoms with van der Waals surface area (Å²) >= 11 is 0. The Labute approximate surface area is 178 Å². The summed E-state index contributed by atoms with van der Waals surface area (Å²) in [6.07, 6.45) is -0.213. The van der Waals surface area contributed by atoms with Crippen molar-refractivity contribution in [3.63, 3.8) is 0 Å². The Balaban J connectivity index is 1.55. The molecule has 1 aliphatic rings. The zero-order valence-corrected chi connectivity index (χ0v) is 16.6. The topological polar surface area (TPSA) is 101 Å². The molecule has 1 aliphatic carbocycles. The molecule has 0 bridgehead atoms. The minimum Gasteiger partial charge on any atom is -0.507 e. The van der Waals surface area contributed by atoms with Crippen LogP contribution in [-0.4, -0.2) is 27.7 Å². The molecule has 0 radical (unpaired) electrons. The van der Waals surface area contributed by atoms with Crippen molar-refractivity contribution in [3.05, 3.63) is 94.5 Å². The quantitative estimate of drug-likeness (QED) is 0.592. The van der Waals surface area contributed by atoms with Crippen LogP contribution in [0.15, 0.2) is 66.7 Å². The van der Waals surface area contributed by atoms with Crippen LogP contribution in [0.3, 0.4) is 0 Å². The molecule has 156 valence electrons. The van der Waals surface area contributed by atoms with Crippen LogP contribution in [0.4, 0.5) is 0 Å². The van der Waals surface area contributed by atoms with Gasteiger partial charge >= 0.3 is 5.97 Å². The van der Waals surface area contributed by atoms with Crippen LogP contribution >= 0.6 is 0 Å². The molecule has 0 spiro atoms. The van der Waals surface area contributed by atoms with Gasteiger partial charge in [-0.25, -0.2) is 0 Å².